The van der Waals surface area contributed by atoms with Crippen LogP contribution >= 0.6 is 136 Å². The van der Waals surface area contributed by atoms with Crippen molar-refractivity contribution in [1.29, 1.82) is 0 Å². The number of anilines is 4. The lowest BCUT2D eigenvalue weighted by Crippen LogP contribution is -2.41. The predicted molar refractivity (Wildman–Crippen MR) is 309 cm³/mol. The van der Waals surface area contributed by atoms with Crippen LogP contribution in [0.3, 0.4) is 0 Å². The van der Waals surface area contributed by atoms with Crippen LogP contribution in [0.4, 0.5) is 22.7 Å². The third-order valence-corrected chi connectivity index (χ3v) is 16.3. The van der Waals surface area contributed by atoms with Crippen molar-refractivity contribution in [3.05, 3.63) is 32.5 Å². The van der Waals surface area contributed by atoms with Gasteiger partial charge in [-0.3, -0.25) is 47.9 Å². The van der Waals surface area contributed by atoms with Crippen molar-refractivity contribution in [3.63, 3.8) is 0 Å². The Bertz CT molecular complexity index is 2370. The zero-order valence-electron chi connectivity index (χ0n) is 39.9. The maximum Gasteiger partial charge on any atom is 0.303 e. The van der Waals surface area contributed by atoms with Gasteiger partial charge in [-0.2, -0.15) is 0 Å². The highest BCUT2D eigenvalue weighted by molar-refractivity contribution is 14.1. The van der Waals surface area contributed by atoms with E-state index in [0.29, 0.717) is 55.3 Å². The Morgan fingerprint density at radius 2 is 1.03 bits per heavy atom. The molecule has 28 heteroatoms. The summed E-state index contributed by atoms with van der Waals surface area (Å²) in [7, 11) is 0. The summed E-state index contributed by atoms with van der Waals surface area (Å²) >= 11 is 12.1. The molecule has 0 saturated carbocycles. The molecule has 1 saturated heterocycles. The summed E-state index contributed by atoms with van der Waals surface area (Å²) in [5, 5.41) is 26.7. The zero-order valence-corrected chi connectivity index (χ0v) is 52.9. The molecular weight excluding hydrogens is 1630 g/mol. The molecule has 0 aliphatic carbocycles. The summed E-state index contributed by atoms with van der Waals surface area (Å²) in [6.45, 7) is 11.4. The number of benzene rings is 2. The topological polar surface area (TPSA) is 306 Å². The van der Waals surface area contributed by atoms with Crippen LogP contribution in [0.2, 0.25) is 0 Å². The second-order valence-corrected chi connectivity index (χ2v) is 22.2. The van der Waals surface area contributed by atoms with Crippen molar-refractivity contribution >= 4 is 218 Å². The molecule has 1 heterocycles. The van der Waals surface area contributed by atoms with E-state index in [-0.39, 0.29) is 70.8 Å². The Morgan fingerprint density at radius 3 is 1.42 bits per heavy atom. The fraction of sp³-hybridized carbons (Fsp3) is 0.500. The lowest BCUT2D eigenvalue weighted by Gasteiger charge is -2.30. The molecule has 0 aromatic heterocycles. The number of halogens is 6. The SMILES string of the molecule is CC(=O)OC(C)C(=O)Nc1c(I)c(CCC(=O)O)c(I)c(NC(=O)C(C)OC(C)=O)c1I.CC(=O)OCCC(=O)Nc1c(I)c(CCC(=O)O)c(I)c(N(CC2COC(C)(C)O2)C(=O)CCOC(C)=O)c1I. The first-order chi connectivity index (χ1) is 33.4. The van der Waals surface area contributed by atoms with Crippen molar-refractivity contribution in [2.75, 3.05) is 47.2 Å². The van der Waals surface area contributed by atoms with Gasteiger partial charge in [0.2, 0.25) is 11.8 Å². The minimum Gasteiger partial charge on any atom is -0.481 e. The number of nitrogens with zero attached hydrogens (tertiary/aromatic N) is 1. The van der Waals surface area contributed by atoms with Gasteiger partial charge in [0.15, 0.2) is 18.0 Å². The van der Waals surface area contributed by atoms with Gasteiger partial charge in [0.25, 0.3) is 11.8 Å². The predicted octanol–water partition coefficient (Wildman–Crippen LogP) is 7.14. The van der Waals surface area contributed by atoms with E-state index in [4.69, 9.17) is 33.5 Å². The largest absolute Gasteiger partial charge is 0.481 e. The molecule has 5 N–H and O–H groups in total. The Kier molecular flexibility index (Phi) is 28.1. The van der Waals surface area contributed by atoms with Gasteiger partial charge < -0.3 is 59.5 Å². The van der Waals surface area contributed by atoms with E-state index < -0.39 is 77.6 Å². The Morgan fingerprint density at radius 1 is 0.611 bits per heavy atom. The first kappa shape index (κ1) is 65.6. The van der Waals surface area contributed by atoms with E-state index >= 15 is 0 Å². The van der Waals surface area contributed by atoms with Gasteiger partial charge in [-0.15, -0.1) is 0 Å². The maximum atomic E-state index is 13.6. The van der Waals surface area contributed by atoms with Crippen LogP contribution in [0.1, 0.15) is 92.2 Å². The second-order valence-electron chi connectivity index (χ2n) is 15.8. The van der Waals surface area contributed by atoms with Gasteiger partial charge in [-0.1, -0.05) is 0 Å². The van der Waals surface area contributed by atoms with Gasteiger partial charge in [-0.05, 0) is 187 Å². The van der Waals surface area contributed by atoms with Crippen LogP contribution in [0.5, 0.6) is 0 Å². The molecule has 4 amide bonds. The number of carbonyl (C=O) groups excluding carboxylic acids is 8. The summed E-state index contributed by atoms with van der Waals surface area (Å²) in [5.74, 6) is -7.04. The van der Waals surface area contributed by atoms with E-state index in [0.717, 1.165) is 0 Å². The quantitative estimate of drug-likeness (QED) is 0.0444. The number of carboxylic acids is 2. The molecule has 0 spiro atoms. The van der Waals surface area contributed by atoms with E-state index in [1.165, 1.54) is 46.4 Å². The highest BCUT2D eigenvalue weighted by atomic mass is 127. The number of hydrogen-bond acceptors (Lipinski definition) is 16. The number of esters is 4. The van der Waals surface area contributed by atoms with Crippen LogP contribution in [0.15, 0.2) is 0 Å². The van der Waals surface area contributed by atoms with Crippen LogP contribution in [0, 0.1) is 21.4 Å². The average molecular weight is 1690 g/mol. The number of amides is 4. The number of aliphatic carboxylic acids is 2. The average Bonchev–Trinajstić information content (AvgIpc) is 3.61. The molecule has 22 nitrogen and oxygen atoms in total. The Hall–Kier alpha value is -2.56. The molecule has 2 aromatic carbocycles. The molecule has 3 atom stereocenters. The fourth-order valence-electron chi connectivity index (χ4n) is 6.22. The number of carboxylic acid groups (broad SMARTS) is 2. The number of ether oxygens (including phenoxy) is 6. The number of rotatable bonds is 22. The molecule has 398 valence electrons. The van der Waals surface area contributed by atoms with Crippen molar-refractivity contribution < 1.29 is 86.6 Å². The van der Waals surface area contributed by atoms with Gasteiger partial charge in [0.1, 0.15) is 19.3 Å². The summed E-state index contributed by atoms with van der Waals surface area (Å²) in [6.07, 6.45) is -2.84. The monoisotopic (exact) mass is 1690 g/mol. The van der Waals surface area contributed by atoms with Crippen molar-refractivity contribution in [2.45, 2.75) is 118 Å². The molecule has 2 aromatic rings. The summed E-state index contributed by atoms with van der Waals surface area (Å²) in [5.41, 5.74) is 2.82. The third-order valence-electron chi connectivity index (χ3n) is 9.44. The molecule has 1 fully saturated rings. The Labute approximate surface area is 496 Å². The Balaban J connectivity index is 0.000000506. The highest BCUT2D eigenvalue weighted by Gasteiger charge is 2.37. The summed E-state index contributed by atoms with van der Waals surface area (Å²) in [4.78, 5) is 120. The molecule has 0 radical (unpaired) electrons. The molecule has 72 heavy (non-hydrogen) atoms. The molecule has 3 unspecified atom stereocenters. The molecule has 3 rings (SSSR count). The molecular formula is C44H52I6N4O18. The van der Waals surface area contributed by atoms with Gasteiger partial charge in [0, 0.05) is 54.8 Å². The zero-order chi connectivity index (χ0) is 54.9. The van der Waals surface area contributed by atoms with Crippen molar-refractivity contribution in [3.8, 4) is 0 Å². The highest BCUT2D eigenvalue weighted by Crippen LogP contribution is 2.43. The van der Waals surface area contributed by atoms with E-state index in [2.05, 4.69) is 61.1 Å². The molecule has 0 bridgehead atoms. The minimum atomic E-state index is -1.07. The van der Waals surface area contributed by atoms with Gasteiger partial charge in [-0.25, -0.2) is 0 Å². The van der Waals surface area contributed by atoms with Crippen molar-refractivity contribution in [1.82, 2.24) is 0 Å². The molecule has 1 aliphatic rings. The number of carbonyl (C=O) groups is 10. The van der Waals surface area contributed by atoms with Gasteiger partial charge in [0.05, 0.1) is 55.9 Å². The van der Waals surface area contributed by atoms with Crippen LogP contribution in [-0.2, 0) is 89.2 Å². The maximum absolute atomic E-state index is 13.6. The van der Waals surface area contributed by atoms with Crippen molar-refractivity contribution in [2.24, 2.45) is 0 Å². The smallest absolute Gasteiger partial charge is 0.303 e. The van der Waals surface area contributed by atoms with Crippen LogP contribution < -0.4 is 20.9 Å². The van der Waals surface area contributed by atoms with Gasteiger partial charge >= 0.3 is 35.8 Å². The first-order valence-corrected chi connectivity index (χ1v) is 27.8. The standard InChI is InChI=1S/C25H31I3N2O10.C19H21I3N2O8/c1-13(31)37-9-7-17(33)29-23-20(26)16(5-6-19(35)36)21(27)24(22(23)28)30(18(34)8-10-38-14(2)32)11-15-12-39-25(3,4)40-15;1-7(31-9(3)25)18(29)23-16-13(20)11(5-6-12(27)28)14(21)17(15(16)22)24-19(30)8(2)32-10(4)26/h15H,5-12H2,1-4H3,(H,29,33)(H,35,36);7-8H,5-6H2,1-4H3,(H,23,29)(H,24,30)(H,27,28). The van der Waals surface area contributed by atoms with Crippen LogP contribution in [-0.4, -0.2) is 120 Å². The summed E-state index contributed by atoms with van der Waals surface area (Å²) in [6, 6.07) is 0. The lowest BCUT2D eigenvalue weighted by atomic mass is 10.1. The minimum absolute atomic E-state index is 0.0924. The first-order valence-electron chi connectivity index (χ1n) is 21.4. The number of nitrogens with one attached hydrogen (secondary N) is 3. The second kappa shape index (κ2) is 30.9. The van der Waals surface area contributed by atoms with E-state index in [1.807, 2.05) is 90.4 Å². The normalized spacial score (nSPS) is 14.3. The third kappa shape index (κ3) is 21.2. The summed E-state index contributed by atoms with van der Waals surface area (Å²) < 4.78 is 34.8. The lowest BCUT2D eigenvalue weighted by molar-refractivity contribution is -0.151. The van der Waals surface area contributed by atoms with E-state index in [9.17, 15) is 53.1 Å². The molecule has 1 aliphatic heterocycles. The fourth-order valence-corrected chi connectivity index (χ4v) is 15.0. The van der Waals surface area contributed by atoms with Crippen LogP contribution in [0.25, 0.3) is 0 Å². The number of hydrogen-bond donors (Lipinski definition) is 5. The van der Waals surface area contributed by atoms with E-state index in [1.54, 1.807) is 13.8 Å².